The highest BCUT2D eigenvalue weighted by atomic mass is 32.2. The summed E-state index contributed by atoms with van der Waals surface area (Å²) in [7, 11) is 0. The summed E-state index contributed by atoms with van der Waals surface area (Å²) in [6, 6.07) is 1.68. The molecule has 2 aromatic heterocycles. The van der Waals surface area contributed by atoms with Gasteiger partial charge in [0, 0.05) is 12.0 Å². The fourth-order valence-electron chi connectivity index (χ4n) is 1.54. The lowest BCUT2D eigenvalue weighted by molar-refractivity contribution is 0.101. The smallest absolute Gasteiger partial charge is 0.279 e. The van der Waals surface area contributed by atoms with E-state index in [1.54, 1.807) is 6.07 Å². The Morgan fingerprint density at radius 3 is 3.20 bits per heavy atom. The monoisotopic (exact) mass is 306 g/mol. The van der Waals surface area contributed by atoms with Crippen LogP contribution < -0.4 is 5.32 Å². The van der Waals surface area contributed by atoms with Crippen LogP contribution in [0.3, 0.4) is 0 Å². The SMILES string of the molecule is C#CCSc1nnc(NC(=O)c2cc(C3CC3)on2)s1. The van der Waals surface area contributed by atoms with Crippen molar-refractivity contribution in [2.75, 3.05) is 11.1 Å². The van der Waals surface area contributed by atoms with Gasteiger partial charge in [0.2, 0.25) is 5.13 Å². The van der Waals surface area contributed by atoms with E-state index in [2.05, 4.69) is 26.6 Å². The maximum atomic E-state index is 12.0. The molecule has 6 nitrogen and oxygen atoms in total. The van der Waals surface area contributed by atoms with Crippen LogP contribution in [0.4, 0.5) is 5.13 Å². The van der Waals surface area contributed by atoms with Gasteiger partial charge in [-0.2, -0.15) is 0 Å². The molecule has 1 fully saturated rings. The highest BCUT2D eigenvalue weighted by Crippen LogP contribution is 2.40. The zero-order valence-corrected chi connectivity index (χ0v) is 12.0. The van der Waals surface area contributed by atoms with E-state index >= 15 is 0 Å². The fraction of sp³-hybridized carbons (Fsp3) is 0.333. The normalized spacial score (nSPS) is 13.9. The van der Waals surface area contributed by atoms with E-state index in [-0.39, 0.29) is 11.6 Å². The molecule has 102 valence electrons. The van der Waals surface area contributed by atoms with Crippen molar-refractivity contribution in [1.82, 2.24) is 15.4 Å². The molecule has 0 aromatic carbocycles. The molecule has 1 saturated carbocycles. The molecule has 0 aliphatic heterocycles. The molecule has 1 aliphatic rings. The molecule has 2 aromatic rings. The maximum Gasteiger partial charge on any atom is 0.279 e. The first-order valence-electron chi connectivity index (χ1n) is 5.94. The van der Waals surface area contributed by atoms with Gasteiger partial charge in [-0.25, -0.2) is 0 Å². The molecular formula is C12H10N4O2S2. The number of hydrogen-bond donors (Lipinski definition) is 1. The van der Waals surface area contributed by atoms with Crippen LogP contribution in [0.1, 0.15) is 35.0 Å². The van der Waals surface area contributed by atoms with E-state index in [1.165, 1.54) is 23.1 Å². The number of hydrogen-bond acceptors (Lipinski definition) is 7. The van der Waals surface area contributed by atoms with E-state index in [9.17, 15) is 4.79 Å². The quantitative estimate of drug-likeness (QED) is 0.519. The molecule has 0 bridgehead atoms. The number of anilines is 1. The predicted molar refractivity (Wildman–Crippen MR) is 75.9 cm³/mol. The van der Waals surface area contributed by atoms with Crippen LogP contribution in [0.15, 0.2) is 14.9 Å². The van der Waals surface area contributed by atoms with Gasteiger partial charge in [-0.1, -0.05) is 34.2 Å². The summed E-state index contributed by atoms with van der Waals surface area (Å²) < 4.78 is 5.86. The molecule has 8 heteroatoms. The number of thioether (sulfide) groups is 1. The number of carbonyl (C=O) groups is 1. The molecule has 2 heterocycles. The molecule has 3 rings (SSSR count). The predicted octanol–water partition coefficient (Wildman–Crippen LogP) is 2.38. The van der Waals surface area contributed by atoms with Gasteiger partial charge in [-0.3, -0.25) is 10.1 Å². The van der Waals surface area contributed by atoms with Crippen LogP contribution in [-0.2, 0) is 0 Å². The second kappa shape index (κ2) is 5.64. The first-order chi connectivity index (χ1) is 9.76. The molecular weight excluding hydrogens is 296 g/mol. The second-order valence-corrected chi connectivity index (χ2v) is 6.41. The Balaban J connectivity index is 1.62. The third kappa shape index (κ3) is 3.00. The molecule has 0 unspecified atom stereocenters. The van der Waals surface area contributed by atoms with E-state index in [4.69, 9.17) is 10.9 Å². The Kier molecular flexibility index (Phi) is 3.71. The number of amides is 1. The lowest BCUT2D eigenvalue weighted by Gasteiger charge is -1.94. The van der Waals surface area contributed by atoms with Gasteiger partial charge in [-0.05, 0) is 12.8 Å². The molecule has 20 heavy (non-hydrogen) atoms. The third-order valence-electron chi connectivity index (χ3n) is 2.65. The number of aromatic nitrogens is 3. The first-order valence-corrected chi connectivity index (χ1v) is 7.74. The first kappa shape index (κ1) is 13.1. The van der Waals surface area contributed by atoms with Gasteiger partial charge in [0.1, 0.15) is 5.76 Å². The van der Waals surface area contributed by atoms with Gasteiger partial charge in [0.25, 0.3) is 5.91 Å². The number of nitrogens with one attached hydrogen (secondary N) is 1. The Hall–Kier alpha value is -1.85. The number of rotatable bonds is 5. The van der Waals surface area contributed by atoms with E-state index in [0.29, 0.717) is 16.8 Å². The Bertz CT molecular complexity index is 669. The van der Waals surface area contributed by atoms with Crippen LogP contribution in [0.5, 0.6) is 0 Å². The lowest BCUT2D eigenvalue weighted by Crippen LogP contribution is -2.11. The van der Waals surface area contributed by atoms with Crippen molar-refractivity contribution in [2.45, 2.75) is 23.1 Å². The zero-order valence-electron chi connectivity index (χ0n) is 10.3. The van der Waals surface area contributed by atoms with E-state index in [0.717, 1.165) is 22.9 Å². The van der Waals surface area contributed by atoms with Crippen molar-refractivity contribution >= 4 is 34.1 Å². The molecule has 0 spiro atoms. The molecule has 0 atom stereocenters. The van der Waals surface area contributed by atoms with Crippen LogP contribution in [0.2, 0.25) is 0 Å². The van der Waals surface area contributed by atoms with Gasteiger partial charge in [0.15, 0.2) is 10.0 Å². The van der Waals surface area contributed by atoms with Crippen molar-refractivity contribution in [3.8, 4) is 12.3 Å². The van der Waals surface area contributed by atoms with Crippen molar-refractivity contribution in [1.29, 1.82) is 0 Å². The Labute approximate surface area is 123 Å². The summed E-state index contributed by atoms with van der Waals surface area (Å²) in [4.78, 5) is 12.0. The lowest BCUT2D eigenvalue weighted by atomic mass is 10.3. The number of carbonyl (C=O) groups excluding carboxylic acids is 1. The van der Waals surface area contributed by atoms with Crippen LogP contribution in [0.25, 0.3) is 0 Å². The van der Waals surface area contributed by atoms with E-state index in [1.807, 2.05) is 0 Å². The molecule has 0 radical (unpaired) electrons. The van der Waals surface area contributed by atoms with E-state index < -0.39 is 0 Å². The molecule has 0 saturated heterocycles. The van der Waals surface area contributed by atoms with Gasteiger partial charge < -0.3 is 4.52 Å². The third-order valence-corrected chi connectivity index (χ3v) is 4.52. The minimum Gasteiger partial charge on any atom is -0.360 e. The van der Waals surface area contributed by atoms with Crippen LogP contribution in [0, 0.1) is 12.3 Å². The summed E-state index contributed by atoms with van der Waals surface area (Å²) in [5, 5.41) is 14.6. The molecule has 1 aliphatic carbocycles. The standard InChI is InChI=1S/C12H10N4O2S2/c1-2-5-19-12-15-14-11(20-12)13-10(17)8-6-9(18-16-8)7-3-4-7/h1,6-7H,3-5H2,(H,13,14,17). The number of terminal acetylenes is 1. The summed E-state index contributed by atoms with van der Waals surface area (Å²) in [6.45, 7) is 0. The van der Waals surface area contributed by atoms with Crippen LogP contribution in [-0.4, -0.2) is 27.0 Å². The topological polar surface area (TPSA) is 80.9 Å². The average molecular weight is 306 g/mol. The summed E-state index contributed by atoms with van der Waals surface area (Å²) >= 11 is 2.68. The average Bonchev–Trinajstić information content (AvgIpc) is 3.01. The summed E-state index contributed by atoms with van der Waals surface area (Å²) in [6.07, 6.45) is 7.37. The van der Waals surface area contributed by atoms with Gasteiger partial charge >= 0.3 is 0 Å². The summed E-state index contributed by atoms with van der Waals surface area (Å²) in [5.74, 6) is 3.89. The van der Waals surface area contributed by atoms with Crippen molar-refractivity contribution < 1.29 is 9.32 Å². The minimum absolute atomic E-state index is 0.264. The highest BCUT2D eigenvalue weighted by molar-refractivity contribution is 8.01. The maximum absolute atomic E-state index is 12.0. The second-order valence-electron chi connectivity index (χ2n) is 4.21. The largest absolute Gasteiger partial charge is 0.360 e. The van der Waals surface area contributed by atoms with Crippen molar-refractivity contribution in [3.05, 3.63) is 17.5 Å². The minimum atomic E-state index is -0.342. The zero-order chi connectivity index (χ0) is 13.9. The van der Waals surface area contributed by atoms with Gasteiger partial charge in [0.05, 0.1) is 5.75 Å². The Morgan fingerprint density at radius 2 is 2.45 bits per heavy atom. The van der Waals surface area contributed by atoms with Crippen molar-refractivity contribution in [2.24, 2.45) is 0 Å². The van der Waals surface area contributed by atoms with Crippen LogP contribution >= 0.6 is 23.1 Å². The number of nitrogens with zero attached hydrogens (tertiary/aromatic N) is 3. The molecule has 1 amide bonds. The summed E-state index contributed by atoms with van der Waals surface area (Å²) in [5.41, 5.74) is 0.264. The molecule has 1 N–H and O–H groups in total. The highest BCUT2D eigenvalue weighted by Gasteiger charge is 2.29. The van der Waals surface area contributed by atoms with Crippen molar-refractivity contribution in [3.63, 3.8) is 0 Å². The Morgan fingerprint density at radius 1 is 1.60 bits per heavy atom. The van der Waals surface area contributed by atoms with Gasteiger partial charge in [-0.15, -0.1) is 16.6 Å². The fourth-order valence-corrected chi connectivity index (χ4v) is 2.97.